The van der Waals surface area contributed by atoms with E-state index in [1.165, 1.54) is 6.42 Å². The van der Waals surface area contributed by atoms with Crippen LogP contribution in [0.2, 0.25) is 0 Å². The van der Waals surface area contributed by atoms with Crippen molar-refractivity contribution in [3.05, 3.63) is 47.8 Å². The van der Waals surface area contributed by atoms with Crippen LogP contribution in [-0.2, 0) is 4.79 Å². The largest absolute Gasteiger partial charge is 0.356 e. The van der Waals surface area contributed by atoms with Gasteiger partial charge in [0.1, 0.15) is 0 Å². The molecule has 4 rings (SSSR count). The summed E-state index contributed by atoms with van der Waals surface area (Å²) >= 11 is 0. The smallest absolute Gasteiger partial charge is 0.261 e. The van der Waals surface area contributed by atoms with Crippen LogP contribution in [0.1, 0.15) is 73.8 Å². The molecule has 0 aliphatic heterocycles. The SMILES string of the molecule is CCN(C(=O)c1cn[nH]c1C1CCC(CNC(=O)C2CCC2)CC1)c1ccccc1. The molecule has 2 aliphatic carbocycles. The second-order valence-corrected chi connectivity index (χ2v) is 8.67. The number of aromatic nitrogens is 2. The van der Waals surface area contributed by atoms with E-state index in [1.54, 1.807) is 11.1 Å². The van der Waals surface area contributed by atoms with Gasteiger partial charge in [-0.1, -0.05) is 24.6 Å². The predicted octanol–water partition coefficient (Wildman–Crippen LogP) is 4.27. The van der Waals surface area contributed by atoms with Crippen molar-refractivity contribution in [3.8, 4) is 0 Å². The molecule has 2 aliphatic rings. The first-order valence-electron chi connectivity index (χ1n) is 11.3. The first kappa shape index (κ1) is 20.6. The molecule has 0 spiro atoms. The molecule has 2 amide bonds. The lowest BCUT2D eigenvalue weighted by Crippen LogP contribution is -2.38. The Hall–Kier alpha value is -2.63. The number of amides is 2. The first-order valence-corrected chi connectivity index (χ1v) is 11.3. The van der Waals surface area contributed by atoms with Crippen LogP contribution < -0.4 is 10.2 Å². The van der Waals surface area contributed by atoms with Crippen molar-refractivity contribution >= 4 is 17.5 Å². The highest BCUT2D eigenvalue weighted by atomic mass is 16.2. The van der Waals surface area contributed by atoms with Gasteiger partial charge in [0.2, 0.25) is 5.91 Å². The van der Waals surface area contributed by atoms with E-state index < -0.39 is 0 Å². The summed E-state index contributed by atoms with van der Waals surface area (Å²) in [6.45, 7) is 3.39. The van der Waals surface area contributed by atoms with Crippen molar-refractivity contribution < 1.29 is 9.59 Å². The van der Waals surface area contributed by atoms with Crippen LogP contribution in [0.3, 0.4) is 0 Å². The Bertz CT molecular complexity index is 851. The number of rotatable bonds is 7. The van der Waals surface area contributed by atoms with Gasteiger partial charge in [0.25, 0.3) is 5.91 Å². The first-order chi connectivity index (χ1) is 14.7. The maximum Gasteiger partial charge on any atom is 0.261 e. The van der Waals surface area contributed by atoms with E-state index >= 15 is 0 Å². The molecule has 1 heterocycles. The maximum atomic E-state index is 13.3. The molecule has 2 N–H and O–H groups in total. The topological polar surface area (TPSA) is 78.1 Å². The fourth-order valence-electron chi connectivity index (χ4n) is 4.69. The highest BCUT2D eigenvalue weighted by molar-refractivity contribution is 6.06. The molecule has 6 nitrogen and oxygen atoms in total. The summed E-state index contributed by atoms with van der Waals surface area (Å²) in [7, 11) is 0. The highest BCUT2D eigenvalue weighted by Crippen LogP contribution is 2.36. The molecule has 0 unspecified atom stereocenters. The average molecular weight is 409 g/mol. The molecule has 0 atom stereocenters. The van der Waals surface area contributed by atoms with Crippen LogP contribution >= 0.6 is 0 Å². The molecule has 30 heavy (non-hydrogen) atoms. The molecule has 2 aromatic rings. The zero-order chi connectivity index (χ0) is 20.9. The minimum atomic E-state index is 0.00216. The summed E-state index contributed by atoms with van der Waals surface area (Å²) in [6.07, 6.45) is 9.13. The number of hydrogen-bond donors (Lipinski definition) is 2. The van der Waals surface area contributed by atoms with Crippen LogP contribution in [-0.4, -0.2) is 35.1 Å². The summed E-state index contributed by atoms with van der Waals surface area (Å²) < 4.78 is 0. The summed E-state index contributed by atoms with van der Waals surface area (Å²) in [5.41, 5.74) is 2.55. The molecule has 6 heteroatoms. The Morgan fingerprint density at radius 1 is 1.10 bits per heavy atom. The molecule has 160 valence electrons. The monoisotopic (exact) mass is 408 g/mol. The molecule has 1 aromatic carbocycles. The standard InChI is InChI=1S/C24H32N4O2/c1-2-28(20-9-4-3-5-10-20)24(30)21-16-26-27-22(21)18-13-11-17(12-14-18)15-25-23(29)19-7-6-8-19/h3-5,9-10,16-19H,2,6-8,11-15H2,1H3,(H,25,29)(H,26,27). The molecule has 2 fully saturated rings. The van der Waals surface area contributed by atoms with Gasteiger partial charge in [0, 0.05) is 30.6 Å². The van der Waals surface area contributed by atoms with Crippen molar-refractivity contribution in [2.24, 2.45) is 11.8 Å². The van der Waals surface area contributed by atoms with Gasteiger partial charge in [-0.3, -0.25) is 14.7 Å². The van der Waals surface area contributed by atoms with Gasteiger partial charge in [-0.15, -0.1) is 0 Å². The molecular formula is C24H32N4O2. The Balaban J connectivity index is 1.35. The average Bonchev–Trinajstić information content (AvgIpc) is 3.22. The van der Waals surface area contributed by atoms with Gasteiger partial charge in [-0.05, 0) is 63.5 Å². The minimum Gasteiger partial charge on any atom is -0.356 e. The van der Waals surface area contributed by atoms with Crippen LogP contribution in [0.5, 0.6) is 0 Å². The van der Waals surface area contributed by atoms with Crippen LogP contribution in [0, 0.1) is 11.8 Å². The third kappa shape index (κ3) is 4.42. The van der Waals surface area contributed by atoms with E-state index in [2.05, 4.69) is 15.5 Å². The molecule has 0 saturated heterocycles. The van der Waals surface area contributed by atoms with Gasteiger partial charge in [0.15, 0.2) is 0 Å². The second-order valence-electron chi connectivity index (χ2n) is 8.67. The van der Waals surface area contributed by atoms with Crippen molar-refractivity contribution in [1.82, 2.24) is 15.5 Å². The zero-order valence-corrected chi connectivity index (χ0v) is 17.8. The lowest BCUT2D eigenvalue weighted by Gasteiger charge is -2.30. The summed E-state index contributed by atoms with van der Waals surface area (Å²) in [6, 6.07) is 9.78. The molecule has 1 aromatic heterocycles. The van der Waals surface area contributed by atoms with Crippen molar-refractivity contribution in [2.45, 2.75) is 57.8 Å². The Morgan fingerprint density at radius 2 is 1.83 bits per heavy atom. The Kier molecular flexibility index (Phi) is 6.50. The van der Waals surface area contributed by atoms with Gasteiger partial charge < -0.3 is 10.2 Å². The summed E-state index contributed by atoms with van der Waals surface area (Å²) in [4.78, 5) is 27.1. The number of nitrogens with zero attached hydrogens (tertiary/aromatic N) is 2. The normalized spacial score (nSPS) is 21.6. The van der Waals surface area contributed by atoms with Gasteiger partial charge in [-0.2, -0.15) is 5.10 Å². The van der Waals surface area contributed by atoms with E-state index in [-0.39, 0.29) is 17.7 Å². The quantitative estimate of drug-likeness (QED) is 0.718. The van der Waals surface area contributed by atoms with Crippen molar-refractivity contribution in [3.63, 3.8) is 0 Å². The Morgan fingerprint density at radius 3 is 2.47 bits per heavy atom. The number of carbonyl (C=O) groups is 2. The number of anilines is 1. The third-order valence-corrected chi connectivity index (χ3v) is 6.82. The molecule has 0 bridgehead atoms. The summed E-state index contributed by atoms with van der Waals surface area (Å²) in [5, 5.41) is 10.5. The number of benzene rings is 1. The number of nitrogens with one attached hydrogen (secondary N) is 2. The number of H-pyrrole nitrogens is 1. The van der Waals surface area contributed by atoms with Gasteiger partial charge in [0.05, 0.1) is 17.5 Å². The number of carbonyl (C=O) groups excluding carboxylic acids is 2. The predicted molar refractivity (Wildman–Crippen MR) is 117 cm³/mol. The third-order valence-electron chi connectivity index (χ3n) is 6.82. The van der Waals surface area contributed by atoms with E-state index in [4.69, 9.17) is 0 Å². The van der Waals surface area contributed by atoms with E-state index in [1.807, 2.05) is 37.3 Å². The van der Waals surface area contributed by atoms with Gasteiger partial charge >= 0.3 is 0 Å². The minimum absolute atomic E-state index is 0.00216. The number of hydrogen-bond acceptors (Lipinski definition) is 3. The van der Waals surface area contributed by atoms with Crippen molar-refractivity contribution in [1.29, 1.82) is 0 Å². The zero-order valence-electron chi connectivity index (χ0n) is 17.8. The Labute approximate surface area is 178 Å². The van der Waals surface area contributed by atoms with Crippen molar-refractivity contribution in [2.75, 3.05) is 18.0 Å². The molecular weight excluding hydrogens is 376 g/mol. The summed E-state index contributed by atoms with van der Waals surface area (Å²) in [5.74, 6) is 1.35. The van der Waals surface area contributed by atoms with Crippen LogP contribution in [0.4, 0.5) is 5.69 Å². The maximum absolute atomic E-state index is 13.3. The number of aromatic amines is 1. The van der Waals surface area contributed by atoms with Crippen LogP contribution in [0.25, 0.3) is 0 Å². The second kappa shape index (κ2) is 9.45. The fourth-order valence-corrected chi connectivity index (χ4v) is 4.69. The lowest BCUT2D eigenvalue weighted by atomic mass is 9.79. The number of para-hydroxylation sites is 1. The van der Waals surface area contributed by atoms with Gasteiger partial charge in [-0.25, -0.2) is 0 Å². The fraction of sp³-hybridized carbons (Fsp3) is 0.542. The van der Waals surface area contributed by atoms with E-state index in [9.17, 15) is 9.59 Å². The van der Waals surface area contributed by atoms with E-state index in [0.717, 1.165) is 56.5 Å². The highest BCUT2D eigenvalue weighted by Gasteiger charge is 2.30. The van der Waals surface area contributed by atoms with Crippen LogP contribution in [0.15, 0.2) is 36.5 Å². The molecule has 2 saturated carbocycles. The lowest BCUT2D eigenvalue weighted by molar-refractivity contribution is -0.127. The molecule has 0 radical (unpaired) electrons. The van der Waals surface area contributed by atoms with E-state index in [0.29, 0.717) is 23.9 Å².